The van der Waals surface area contributed by atoms with E-state index in [0.29, 0.717) is 5.41 Å². The van der Waals surface area contributed by atoms with Crippen LogP contribution in [0, 0.1) is 5.41 Å². The number of carbonyl (C=O) groups excluding carboxylic acids is 1. The second kappa shape index (κ2) is 5.67. The lowest BCUT2D eigenvalue weighted by molar-refractivity contribution is -0.135. The number of carbonyl (C=O) groups is 1. The molecular weight excluding hydrogens is 200 g/mol. The molecule has 2 N–H and O–H groups in total. The van der Waals surface area contributed by atoms with Crippen LogP contribution < -0.4 is 5.73 Å². The highest BCUT2D eigenvalue weighted by Gasteiger charge is 2.33. The first-order valence-corrected chi connectivity index (χ1v) is 6.63. The highest BCUT2D eigenvalue weighted by Crippen LogP contribution is 2.37. The topological polar surface area (TPSA) is 46.3 Å². The molecule has 0 aromatic rings. The lowest BCUT2D eigenvalue weighted by Gasteiger charge is -2.41. The van der Waals surface area contributed by atoms with Crippen LogP contribution in [0.15, 0.2) is 0 Å². The van der Waals surface area contributed by atoms with Gasteiger partial charge in [-0.15, -0.1) is 0 Å². The predicted octanol–water partition coefficient (Wildman–Crippen LogP) is 2.15. The normalized spacial score (nSPS) is 21.9. The van der Waals surface area contributed by atoms with Crippen molar-refractivity contribution in [2.24, 2.45) is 11.1 Å². The molecular formula is C13H26N2O. The Kier molecular flexibility index (Phi) is 4.78. The summed E-state index contributed by atoms with van der Waals surface area (Å²) in [5, 5.41) is 0. The number of piperidine rings is 1. The molecule has 0 aromatic carbocycles. The fourth-order valence-electron chi connectivity index (χ4n) is 2.57. The van der Waals surface area contributed by atoms with Gasteiger partial charge in [-0.2, -0.15) is 0 Å². The second-order valence-corrected chi connectivity index (χ2v) is 5.05. The van der Waals surface area contributed by atoms with Crippen LogP contribution >= 0.6 is 0 Å². The van der Waals surface area contributed by atoms with Crippen LogP contribution in [0.3, 0.4) is 0 Å². The van der Waals surface area contributed by atoms with Gasteiger partial charge < -0.3 is 10.6 Å². The highest BCUT2D eigenvalue weighted by molar-refractivity contribution is 5.81. The van der Waals surface area contributed by atoms with Crippen LogP contribution in [0.4, 0.5) is 0 Å². The zero-order chi connectivity index (χ0) is 12.2. The smallest absolute Gasteiger partial charge is 0.239 e. The van der Waals surface area contributed by atoms with Crippen LogP contribution in [-0.4, -0.2) is 29.9 Å². The maximum Gasteiger partial charge on any atom is 0.239 e. The number of rotatable bonds is 4. The van der Waals surface area contributed by atoms with Gasteiger partial charge in [0.25, 0.3) is 0 Å². The first kappa shape index (κ1) is 13.5. The van der Waals surface area contributed by atoms with E-state index in [4.69, 9.17) is 5.73 Å². The summed E-state index contributed by atoms with van der Waals surface area (Å²) in [6.07, 6.45) is 5.48. The Morgan fingerprint density at radius 3 is 2.12 bits per heavy atom. The van der Waals surface area contributed by atoms with E-state index in [2.05, 4.69) is 13.8 Å². The molecule has 1 fully saturated rings. The molecule has 0 aliphatic carbocycles. The third kappa shape index (κ3) is 2.76. The van der Waals surface area contributed by atoms with Crippen LogP contribution in [-0.2, 0) is 4.79 Å². The van der Waals surface area contributed by atoms with Crippen molar-refractivity contribution in [2.45, 2.75) is 58.9 Å². The molecule has 0 saturated carbocycles. The molecule has 3 heteroatoms. The van der Waals surface area contributed by atoms with Gasteiger partial charge in [-0.1, -0.05) is 33.6 Å². The molecule has 0 aromatic heterocycles. The van der Waals surface area contributed by atoms with Gasteiger partial charge in [0.2, 0.25) is 5.91 Å². The van der Waals surface area contributed by atoms with Crippen molar-refractivity contribution in [3.63, 3.8) is 0 Å². The van der Waals surface area contributed by atoms with Crippen LogP contribution in [0.2, 0.25) is 0 Å². The van der Waals surface area contributed by atoms with Crippen LogP contribution in [0.5, 0.6) is 0 Å². The van der Waals surface area contributed by atoms with E-state index in [9.17, 15) is 4.79 Å². The number of nitrogens with zero attached hydrogens (tertiary/aromatic N) is 1. The van der Waals surface area contributed by atoms with E-state index >= 15 is 0 Å². The second-order valence-electron chi connectivity index (χ2n) is 5.05. The van der Waals surface area contributed by atoms with Crippen molar-refractivity contribution < 1.29 is 4.79 Å². The van der Waals surface area contributed by atoms with Crippen molar-refractivity contribution in [1.82, 2.24) is 4.90 Å². The summed E-state index contributed by atoms with van der Waals surface area (Å²) in [4.78, 5) is 13.9. The predicted molar refractivity (Wildman–Crippen MR) is 67.1 cm³/mol. The highest BCUT2D eigenvalue weighted by atomic mass is 16.2. The standard InChI is InChI=1S/C13H26N2O/c1-4-11(14)12(16)15-9-7-13(5-2,6-3)8-10-15/h11H,4-10,14H2,1-3H3/t11-/m0/s1. The van der Waals surface area contributed by atoms with Gasteiger partial charge in [0.05, 0.1) is 6.04 Å². The summed E-state index contributed by atoms with van der Waals surface area (Å²) < 4.78 is 0. The van der Waals surface area contributed by atoms with E-state index < -0.39 is 0 Å². The third-order valence-electron chi connectivity index (χ3n) is 4.39. The molecule has 1 amide bonds. The van der Waals surface area contributed by atoms with Crippen molar-refractivity contribution in [3.05, 3.63) is 0 Å². The van der Waals surface area contributed by atoms with E-state index in [1.807, 2.05) is 11.8 Å². The largest absolute Gasteiger partial charge is 0.341 e. The summed E-state index contributed by atoms with van der Waals surface area (Å²) in [6.45, 7) is 8.29. The van der Waals surface area contributed by atoms with Gasteiger partial charge in [-0.05, 0) is 24.7 Å². The molecule has 1 atom stereocenters. The first-order chi connectivity index (χ1) is 7.58. The molecule has 3 nitrogen and oxygen atoms in total. The molecule has 1 aliphatic rings. The Labute approximate surface area is 99.4 Å². The molecule has 0 spiro atoms. The molecule has 94 valence electrons. The molecule has 0 unspecified atom stereocenters. The van der Waals surface area contributed by atoms with Crippen LogP contribution in [0.25, 0.3) is 0 Å². The minimum absolute atomic E-state index is 0.142. The summed E-state index contributed by atoms with van der Waals surface area (Å²) in [5.41, 5.74) is 6.27. The SMILES string of the molecule is CC[C@H](N)C(=O)N1CCC(CC)(CC)CC1. The molecule has 1 aliphatic heterocycles. The van der Waals surface area contributed by atoms with Crippen LogP contribution in [0.1, 0.15) is 52.9 Å². The van der Waals surface area contributed by atoms with Gasteiger partial charge in [0, 0.05) is 13.1 Å². The fraction of sp³-hybridized carbons (Fsp3) is 0.923. The Bertz CT molecular complexity index is 226. The van der Waals surface area contributed by atoms with E-state index in [-0.39, 0.29) is 11.9 Å². The van der Waals surface area contributed by atoms with Gasteiger partial charge >= 0.3 is 0 Å². The fourth-order valence-corrected chi connectivity index (χ4v) is 2.57. The number of hydrogen-bond donors (Lipinski definition) is 1. The number of likely N-dealkylation sites (tertiary alicyclic amines) is 1. The lowest BCUT2D eigenvalue weighted by atomic mass is 9.74. The average molecular weight is 226 g/mol. The van der Waals surface area contributed by atoms with Crippen molar-refractivity contribution in [1.29, 1.82) is 0 Å². The molecule has 0 bridgehead atoms. The van der Waals surface area contributed by atoms with E-state index in [0.717, 1.165) is 32.4 Å². The van der Waals surface area contributed by atoms with Crippen molar-refractivity contribution in [2.75, 3.05) is 13.1 Å². The quantitative estimate of drug-likeness (QED) is 0.798. The summed E-state index contributed by atoms with van der Waals surface area (Å²) >= 11 is 0. The Hall–Kier alpha value is -0.570. The van der Waals surface area contributed by atoms with Gasteiger partial charge in [0.1, 0.15) is 0 Å². The molecule has 0 radical (unpaired) electrons. The monoisotopic (exact) mass is 226 g/mol. The molecule has 16 heavy (non-hydrogen) atoms. The molecule has 1 rings (SSSR count). The lowest BCUT2D eigenvalue weighted by Crippen LogP contribution is -2.49. The number of nitrogens with two attached hydrogens (primary N) is 1. The van der Waals surface area contributed by atoms with E-state index in [1.54, 1.807) is 0 Å². The van der Waals surface area contributed by atoms with E-state index in [1.165, 1.54) is 12.8 Å². The molecule has 1 saturated heterocycles. The number of amides is 1. The minimum atomic E-state index is -0.296. The zero-order valence-electron chi connectivity index (χ0n) is 11.0. The van der Waals surface area contributed by atoms with Gasteiger partial charge in [0.15, 0.2) is 0 Å². The Morgan fingerprint density at radius 1 is 1.25 bits per heavy atom. The Morgan fingerprint density at radius 2 is 1.75 bits per heavy atom. The minimum Gasteiger partial charge on any atom is -0.341 e. The van der Waals surface area contributed by atoms with Gasteiger partial charge in [-0.3, -0.25) is 4.79 Å². The first-order valence-electron chi connectivity index (χ1n) is 6.63. The summed E-state index contributed by atoms with van der Waals surface area (Å²) in [6, 6.07) is -0.296. The van der Waals surface area contributed by atoms with Crippen molar-refractivity contribution >= 4 is 5.91 Å². The summed E-state index contributed by atoms with van der Waals surface area (Å²) in [7, 11) is 0. The number of hydrogen-bond acceptors (Lipinski definition) is 2. The Balaban J connectivity index is 2.51. The average Bonchev–Trinajstić information content (AvgIpc) is 2.37. The maximum absolute atomic E-state index is 11.9. The van der Waals surface area contributed by atoms with Crippen molar-refractivity contribution in [3.8, 4) is 0 Å². The summed E-state index contributed by atoms with van der Waals surface area (Å²) in [5.74, 6) is 0.142. The zero-order valence-corrected chi connectivity index (χ0v) is 11.0. The third-order valence-corrected chi connectivity index (χ3v) is 4.39. The van der Waals surface area contributed by atoms with Gasteiger partial charge in [-0.25, -0.2) is 0 Å². The maximum atomic E-state index is 11.9. The molecule has 1 heterocycles.